The summed E-state index contributed by atoms with van der Waals surface area (Å²) in [7, 11) is 0. The fourth-order valence-electron chi connectivity index (χ4n) is 2.94. The predicted molar refractivity (Wildman–Crippen MR) is 109 cm³/mol. The summed E-state index contributed by atoms with van der Waals surface area (Å²) >= 11 is 6.08. The molecule has 0 saturated carbocycles. The zero-order valence-corrected chi connectivity index (χ0v) is 15.5. The molecule has 0 N–H and O–H groups in total. The number of nitrogens with zero attached hydrogens (tertiary/aromatic N) is 2. The van der Waals surface area contributed by atoms with E-state index in [1.165, 1.54) is 4.90 Å². The first kappa shape index (κ1) is 17.9. The number of rotatable bonds is 4. The third-order valence-corrected chi connectivity index (χ3v) is 4.51. The molecule has 0 aliphatic carbocycles. The zero-order chi connectivity index (χ0) is 19.5. The Kier molecular flexibility index (Phi) is 4.91. The van der Waals surface area contributed by atoms with Crippen molar-refractivity contribution >= 4 is 34.3 Å². The summed E-state index contributed by atoms with van der Waals surface area (Å²) in [5.41, 5.74) is 0.516. The number of hydrogen-bond donors (Lipinski definition) is 0. The molecule has 138 valence electrons. The molecule has 0 fully saturated rings. The normalized spacial score (nSPS) is 10.8. The van der Waals surface area contributed by atoms with Gasteiger partial charge < -0.3 is 4.42 Å². The van der Waals surface area contributed by atoms with Gasteiger partial charge in [-0.15, -0.1) is 0 Å². The lowest BCUT2D eigenvalue weighted by atomic mass is 10.1. The molecule has 0 aliphatic heterocycles. The fourth-order valence-corrected chi connectivity index (χ4v) is 3.16. The summed E-state index contributed by atoms with van der Waals surface area (Å²) in [6.45, 7) is 0.211. The maximum atomic E-state index is 13.3. The van der Waals surface area contributed by atoms with Gasteiger partial charge in [0.25, 0.3) is 5.91 Å². The van der Waals surface area contributed by atoms with E-state index in [1.807, 2.05) is 18.2 Å². The summed E-state index contributed by atoms with van der Waals surface area (Å²) in [6.07, 6.45) is 1.59. The molecule has 4 rings (SSSR count). The Hall–Kier alpha value is -3.44. The third-order valence-electron chi connectivity index (χ3n) is 4.27. The minimum Gasteiger partial charge on any atom is -0.422 e. The second-order valence-corrected chi connectivity index (χ2v) is 6.63. The highest BCUT2D eigenvalue weighted by Gasteiger charge is 2.23. The quantitative estimate of drug-likeness (QED) is 0.474. The fraction of sp³-hybridized carbons (Fsp3) is 0.0455. The van der Waals surface area contributed by atoms with Gasteiger partial charge in [-0.2, -0.15) is 0 Å². The number of para-hydroxylation sites is 1. The van der Waals surface area contributed by atoms with E-state index in [1.54, 1.807) is 60.8 Å². The van der Waals surface area contributed by atoms with E-state index in [-0.39, 0.29) is 12.1 Å². The van der Waals surface area contributed by atoms with E-state index < -0.39 is 11.5 Å². The molecule has 28 heavy (non-hydrogen) atoms. The molecule has 0 bridgehead atoms. The Bertz CT molecular complexity index is 1210. The molecule has 2 heterocycles. The van der Waals surface area contributed by atoms with Crippen LogP contribution in [0.25, 0.3) is 11.0 Å². The second kappa shape index (κ2) is 7.66. The molecule has 1 amide bonds. The van der Waals surface area contributed by atoms with Crippen molar-refractivity contribution in [1.29, 1.82) is 0 Å². The summed E-state index contributed by atoms with van der Waals surface area (Å²) in [4.78, 5) is 31.5. The Morgan fingerprint density at radius 2 is 1.82 bits per heavy atom. The maximum absolute atomic E-state index is 13.3. The van der Waals surface area contributed by atoms with Crippen LogP contribution in [-0.2, 0) is 6.54 Å². The molecular formula is C22H15ClN2O3. The first-order valence-electron chi connectivity index (χ1n) is 8.62. The van der Waals surface area contributed by atoms with Gasteiger partial charge in [-0.1, -0.05) is 48.0 Å². The summed E-state index contributed by atoms with van der Waals surface area (Å²) in [6, 6.07) is 21.1. The largest absolute Gasteiger partial charge is 0.422 e. The standard InChI is InChI=1S/C22H15ClN2O3/c23-17-8-5-6-15(12-17)14-25(20-10-3-4-11-24-20)21(26)18-13-16-7-1-2-9-19(16)28-22(18)27/h1-13H,14H2. The van der Waals surface area contributed by atoms with E-state index in [9.17, 15) is 9.59 Å². The van der Waals surface area contributed by atoms with Gasteiger partial charge in [0.2, 0.25) is 0 Å². The molecule has 0 unspecified atom stereocenters. The third kappa shape index (κ3) is 3.66. The van der Waals surface area contributed by atoms with Gasteiger partial charge in [0.05, 0.1) is 6.54 Å². The molecule has 0 atom stereocenters. The lowest BCUT2D eigenvalue weighted by Gasteiger charge is -2.21. The van der Waals surface area contributed by atoms with E-state index in [0.29, 0.717) is 21.8 Å². The van der Waals surface area contributed by atoms with Gasteiger partial charge in [0.1, 0.15) is 17.0 Å². The molecule has 2 aromatic heterocycles. The van der Waals surface area contributed by atoms with Crippen LogP contribution in [0.15, 0.2) is 88.2 Å². The van der Waals surface area contributed by atoms with Gasteiger partial charge in [0, 0.05) is 16.6 Å². The Balaban J connectivity index is 1.79. The van der Waals surface area contributed by atoms with Crippen LogP contribution in [0, 0.1) is 0 Å². The Morgan fingerprint density at radius 3 is 2.61 bits per heavy atom. The smallest absolute Gasteiger partial charge is 0.349 e. The number of fused-ring (bicyclic) bond motifs is 1. The number of carbonyl (C=O) groups is 1. The molecule has 6 heteroatoms. The number of benzene rings is 2. The van der Waals surface area contributed by atoms with Crippen LogP contribution in [-0.4, -0.2) is 10.9 Å². The van der Waals surface area contributed by atoms with Crippen molar-refractivity contribution in [3.63, 3.8) is 0 Å². The zero-order valence-electron chi connectivity index (χ0n) is 14.7. The number of hydrogen-bond acceptors (Lipinski definition) is 4. The van der Waals surface area contributed by atoms with Crippen molar-refractivity contribution in [1.82, 2.24) is 4.98 Å². The van der Waals surface area contributed by atoms with E-state index in [4.69, 9.17) is 16.0 Å². The first-order chi connectivity index (χ1) is 13.6. The lowest BCUT2D eigenvalue weighted by molar-refractivity contribution is 0.0981. The van der Waals surface area contributed by atoms with Crippen LogP contribution in [0.4, 0.5) is 5.82 Å². The molecule has 4 aromatic rings. The minimum absolute atomic E-state index is 0.0496. The van der Waals surface area contributed by atoms with E-state index >= 15 is 0 Å². The van der Waals surface area contributed by atoms with Crippen molar-refractivity contribution in [2.75, 3.05) is 4.90 Å². The van der Waals surface area contributed by atoms with Crippen LogP contribution in [0.3, 0.4) is 0 Å². The molecule has 0 radical (unpaired) electrons. The van der Waals surface area contributed by atoms with Crippen molar-refractivity contribution in [3.8, 4) is 0 Å². The highest BCUT2D eigenvalue weighted by molar-refractivity contribution is 6.30. The molecule has 0 aliphatic rings. The van der Waals surface area contributed by atoms with Gasteiger partial charge in [0.15, 0.2) is 0 Å². The molecule has 5 nitrogen and oxygen atoms in total. The highest BCUT2D eigenvalue weighted by atomic mass is 35.5. The van der Waals surface area contributed by atoms with Crippen molar-refractivity contribution in [2.24, 2.45) is 0 Å². The predicted octanol–water partition coefficient (Wildman–Crippen LogP) is 4.69. The number of amides is 1. The van der Waals surface area contributed by atoms with Crippen molar-refractivity contribution in [2.45, 2.75) is 6.54 Å². The number of anilines is 1. The SMILES string of the molecule is O=C(c1cc2ccccc2oc1=O)N(Cc1cccc(Cl)c1)c1ccccn1. The Labute approximate surface area is 165 Å². The van der Waals surface area contributed by atoms with E-state index in [0.717, 1.165) is 5.56 Å². The number of aromatic nitrogens is 1. The lowest BCUT2D eigenvalue weighted by Crippen LogP contribution is -2.34. The van der Waals surface area contributed by atoms with Gasteiger partial charge in [-0.05, 0) is 42.0 Å². The van der Waals surface area contributed by atoms with Gasteiger partial charge in [-0.3, -0.25) is 9.69 Å². The molecule has 0 spiro atoms. The Morgan fingerprint density at radius 1 is 1.00 bits per heavy atom. The minimum atomic E-state index is -0.685. The summed E-state index contributed by atoms with van der Waals surface area (Å²) in [5.74, 6) is -0.0572. The topological polar surface area (TPSA) is 63.4 Å². The van der Waals surface area contributed by atoms with Gasteiger partial charge in [-0.25, -0.2) is 9.78 Å². The number of carbonyl (C=O) groups excluding carboxylic acids is 1. The second-order valence-electron chi connectivity index (χ2n) is 6.19. The van der Waals surface area contributed by atoms with Crippen LogP contribution >= 0.6 is 11.6 Å². The van der Waals surface area contributed by atoms with Crippen molar-refractivity contribution in [3.05, 3.63) is 106 Å². The number of pyridine rings is 1. The highest BCUT2D eigenvalue weighted by Crippen LogP contribution is 2.20. The average molecular weight is 391 g/mol. The van der Waals surface area contributed by atoms with Crippen LogP contribution < -0.4 is 10.5 Å². The first-order valence-corrected chi connectivity index (χ1v) is 9.00. The summed E-state index contributed by atoms with van der Waals surface area (Å²) in [5, 5.41) is 1.24. The average Bonchev–Trinajstić information content (AvgIpc) is 2.72. The maximum Gasteiger partial charge on any atom is 0.349 e. The molecule has 2 aromatic carbocycles. The summed E-state index contributed by atoms with van der Waals surface area (Å²) < 4.78 is 5.32. The van der Waals surface area contributed by atoms with Gasteiger partial charge >= 0.3 is 5.63 Å². The number of halogens is 1. The van der Waals surface area contributed by atoms with Crippen molar-refractivity contribution < 1.29 is 9.21 Å². The van der Waals surface area contributed by atoms with Crippen LogP contribution in [0.1, 0.15) is 15.9 Å². The van der Waals surface area contributed by atoms with E-state index in [2.05, 4.69) is 4.98 Å². The monoisotopic (exact) mass is 390 g/mol. The molecular weight excluding hydrogens is 376 g/mol. The van der Waals surface area contributed by atoms with Crippen LogP contribution in [0.5, 0.6) is 0 Å². The molecule has 0 saturated heterocycles. The van der Waals surface area contributed by atoms with Crippen LogP contribution in [0.2, 0.25) is 5.02 Å².